The monoisotopic (exact) mass is 308 g/mol. The van der Waals surface area contributed by atoms with Gasteiger partial charge in [0.05, 0.1) is 6.10 Å². The Hall–Kier alpha value is -0.710. The van der Waals surface area contributed by atoms with E-state index in [1.54, 1.807) is 0 Å². The lowest BCUT2D eigenvalue weighted by atomic mass is 10.0. The van der Waals surface area contributed by atoms with Crippen LogP contribution in [-0.4, -0.2) is 42.9 Å². The van der Waals surface area contributed by atoms with Gasteiger partial charge in [0.15, 0.2) is 0 Å². The first kappa shape index (κ1) is 16.7. The van der Waals surface area contributed by atoms with Crippen molar-refractivity contribution in [2.24, 2.45) is 0 Å². The van der Waals surface area contributed by atoms with Crippen LogP contribution in [0, 0.1) is 0 Å². The Bertz CT molecular complexity index is 402. The Labute approximate surface area is 133 Å². The quantitative estimate of drug-likeness (QED) is 0.759. The number of piperidine rings is 1. The molecule has 1 unspecified atom stereocenters. The van der Waals surface area contributed by atoms with E-state index in [2.05, 4.69) is 47.7 Å². The maximum absolute atomic E-state index is 9.57. The van der Waals surface area contributed by atoms with Crippen LogP contribution in [-0.2, 0) is 0 Å². The first-order valence-electron chi connectivity index (χ1n) is 7.96. The van der Waals surface area contributed by atoms with Gasteiger partial charge in [-0.2, -0.15) is 11.8 Å². The van der Waals surface area contributed by atoms with Crippen LogP contribution in [0.2, 0.25) is 0 Å². The molecular weight excluding hydrogens is 280 g/mol. The van der Waals surface area contributed by atoms with E-state index in [0.29, 0.717) is 6.04 Å². The average molecular weight is 308 g/mol. The fourth-order valence-electron chi connectivity index (χ4n) is 2.75. The van der Waals surface area contributed by atoms with Crippen LogP contribution in [0.3, 0.4) is 0 Å². The molecule has 4 heteroatoms. The molecule has 118 valence electrons. The molecule has 21 heavy (non-hydrogen) atoms. The SMILES string of the molecule is CSCCCNC(C)c1ccc(N2CCC(O)CC2)cc1. The van der Waals surface area contributed by atoms with Gasteiger partial charge in [-0.05, 0) is 62.4 Å². The van der Waals surface area contributed by atoms with Gasteiger partial charge in [0.2, 0.25) is 0 Å². The maximum Gasteiger partial charge on any atom is 0.0574 e. The van der Waals surface area contributed by atoms with Crippen LogP contribution in [0.15, 0.2) is 24.3 Å². The molecule has 0 radical (unpaired) electrons. The molecule has 1 fully saturated rings. The molecule has 1 aromatic rings. The van der Waals surface area contributed by atoms with Crippen molar-refractivity contribution in [1.82, 2.24) is 5.32 Å². The zero-order valence-corrected chi connectivity index (χ0v) is 14.0. The van der Waals surface area contributed by atoms with Gasteiger partial charge in [0, 0.05) is 24.8 Å². The van der Waals surface area contributed by atoms with Crippen LogP contribution in [0.4, 0.5) is 5.69 Å². The number of aliphatic hydroxyl groups excluding tert-OH is 1. The van der Waals surface area contributed by atoms with E-state index < -0.39 is 0 Å². The molecule has 2 rings (SSSR count). The molecule has 0 amide bonds. The number of anilines is 1. The number of hydrogen-bond acceptors (Lipinski definition) is 4. The van der Waals surface area contributed by atoms with E-state index >= 15 is 0 Å². The minimum atomic E-state index is -0.106. The summed E-state index contributed by atoms with van der Waals surface area (Å²) in [5, 5.41) is 13.2. The molecule has 1 atom stereocenters. The Morgan fingerprint density at radius 3 is 2.57 bits per heavy atom. The summed E-state index contributed by atoms with van der Waals surface area (Å²) < 4.78 is 0. The van der Waals surface area contributed by atoms with E-state index in [4.69, 9.17) is 0 Å². The van der Waals surface area contributed by atoms with Crippen molar-refractivity contribution in [3.63, 3.8) is 0 Å². The predicted molar refractivity (Wildman–Crippen MR) is 93.3 cm³/mol. The van der Waals surface area contributed by atoms with Crippen LogP contribution >= 0.6 is 11.8 Å². The zero-order chi connectivity index (χ0) is 15.1. The number of nitrogens with zero attached hydrogens (tertiary/aromatic N) is 1. The Balaban J connectivity index is 1.83. The highest BCUT2D eigenvalue weighted by Gasteiger charge is 2.17. The van der Waals surface area contributed by atoms with E-state index in [1.165, 1.54) is 23.4 Å². The minimum Gasteiger partial charge on any atom is -0.393 e. The third-order valence-electron chi connectivity index (χ3n) is 4.20. The lowest BCUT2D eigenvalue weighted by Gasteiger charge is -2.31. The van der Waals surface area contributed by atoms with Crippen molar-refractivity contribution in [2.75, 3.05) is 36.5 Å². The third-order valence-corrected chi connectivity index (χ3v) is 4.90. The minimum absolute atomic E-state index is 0.106. The number of hydrogen-bond donors (Lipinski definition) is 2. The van der Waals surface area contributed by atoms with E-state index in [9.17, 15) is 5.11 Å². The summed E-state index contributed by atoms with van der Waals surface area (Å²) >= 11 is 1.90. The molecule has 0 aliphatic carbocycles. The summed E-state index contributed by atoms with van der Waals surface area (Å²) in [6.07, 6.45) is 5.04. The van der Waals surface area contributed by atoms with Crippen LogP contribution in [0.5, 0.6) is 0 Å². The number of benzene rings is 1. The number of thioether (sulfide) groups is 1. The Morgan fingerprint density at radius 2 is 1.95 bits per heavy atom. The number of aliphatic hydroxyl groups is 1. The summed E-state index contributed by atoms with van der Waals surface area (Å²) in [6.45, 7) is 5.23. The van der Waals surface area contributed by atoms with Crippen LogP contribution in [0.25, 0.3) is 0 Å². The van der Waals surface area contributed by atoms with Gasteiger partial charge in [-0.1, -0.05) is 12.1 Å². The average Bonchev–Trinajstić information content (AvgIpc) is 2.52. The molecule has 1 aromatic carbocycles. The largest absolute Gasteiger partial charge is 0.393 e. The molecule has 0 saturated carbocycles. The highest BCUT2D eigenvalue weighted by molar-refractivity contribution is 7.98. The molecule has 3 nitrogen and oxygen atoms in total. The van der Waals surface area contributed by atoms with Gasteiger partial charge >= 0.3 is 0 Å². The molecule has 0 bridgehead atoms. The summed E-state index contributed by atoms with van der Waals surface area (Å²) in [6, 6.07) is 9.29. The molecule has 2 N–H and O–H groups in total. The van der Waals surface area contributed by atoms with Gasteiger partial charge in [-0.25, -0.2) is 0 Å². The molecule has 1 aliphatic rings. The topological polar surface area (TPSA) is 35.5 Å². The standard InChI is InChI=1S/C17H28N2OS/c1-14(18-10-3-13-21-2)15-4-6-16(7-5-15)19-11-8-17(20)9-12-19/h4-7,14,17-18,20H,3,8-13H2,1-2H3. The molecular formula is C17H28N2OS. The Morgan fingerprint density at radius 1 is 1.29 bits per heavy atom. The molecule has 1 saturated heterocycles. The first-order valence-corrected chi connectivity index (χ1v) is 9.35. The first-order chi connectivity index (χ1) is 10.2. The van der Waals surface area contributed by atoms with Crippen LogP contribution < -0.4 is 10.2 Å². The van der Waals surface area contributed by atoms with E-state index in [1.807, 2.05) is 11.8 Å². The molecule has 1 aliphatic heterocycles. The third kappa shape index (κ3) is 5.20. The van der Waals surface area contributed by atoms with Gasteiger partial charge in [-0.3, -0.25) is 0 Å². The normalized spacial score (nSPS) is 18.0. The van der Waals surface area contributed by atoms with Gasteiger partial charge in [-0.15, -0.1) is 0 Å². The lowest BCUT2D eigenvalue weighted by Crippen LogP contribution is -2.35. The highest BCUT2D eigenvalue weighted by Crippen LogP contribution is 2.22. The Kier molecular flexibility index (Phi) is 6.87. The second kappa shape index (κ2) is 8.66. The van der Waals surface area contributed by atoms with Gasteiger partial charge in [0.1, 0.15) is 0 Å². The van der Waals surface area contributed by atoms with Crippen molar-refractivity contribution < 1.29 is 5.11 Å². The van der Waals surface area contributed by atoms with E-state index in [0.717, 1.165) is 32.5 Å². The summed E-state index contributed by atoms with van der Waals surface area (Å²) in [4.78, 5) is 2.37. The van der Waals surface area contributed by atoms with Crippen molar-refractivity contribution in [3.05, 3.63) is 29.8 Å². The smallest absolute Gasteiger partial charge is 0.0574 e. The van der Waals surface area contributed by atoms with Crippen molar-refractivity contribution in [1.29, 1.82) is 0 Å². The maximum atomic E-state index is 9.57. The van der Waals surface area contributed by atoms with Crippen LogP contribution in [0.1, 0.15) is 37.8 Å². The second-order valence-corrected chi connectivity index (χ2v) is 6.82. The number of nitrogens with one attached hydrogen (secondary N) is 1. The summed E-state index contributed by atoms with van der Waals surface area (Å²) in [7, 11) is 0. The predicted octanol–water partition coefficient (Wildman–Crippen LogP) is 3.05. The fourth-order valence-corrected chi connectivity index (χ4v) is 3.18. The van der Waals surface area contributed by atoms with Crippen molar-refractivity contribution >= 4 is 17.4 Å². The van der Waals surface area contributed by atoms with E-state index in [-0.39, 0.29) is 6.10 Å². The summed E-state index contributed by atoms with van der Waals surface area (Å²) in [5.41, 5.74) is 2.63. The van der Waals surface area contributed by atoms with Crippen molar-refractivity contribution in [2.45, 2.75) is 38.3 Å². The lowest BCUT2D eigenvalue weighted by molar-refractivity contribution is 0.145. The molecule has 0 spiro atoms. The zero-order valence-electron chi connectivity index (χ0n) is 13.2. The number of rotatable bonds is 7. The fraction of sp³-hybridized carbons (Fsp3) is 0.647. The van der Waals surface area contributed by atoms with Gasteiger partial charge in [0.25, 0.3) is 0 Å². The molecule has 0 aromatic heterocycles. The second-order valence-electron chi connectivity index (χ2n) is 5.83. The highest BCUT2D eigenvalue weighted by atomic mass is 32.2. The summed E-state index contributed by atoms with van der Waals surface area (Å²) in [5.74, 6) is 1.22. The van der Waals surface area contributed by atoms with Gasteiger partial charge < -0.3 is 15.3 Å². The molecule has 1 heterocycles. The van der Waals surface area contributed by atoms with Crippen molar-refractivity contribution in [3.8, 4) is 0 Å².